The summed E-state index contributed by atoms with van der Waals surface area (Å²) in [5.41, 5.74) is 2.34. The molecule has 27 heavy (non-hydrogen) atoms. The number of methoxy groups -OCH3 is 2. The molecule has 0 fully saturated rings. The van der Waals surface area contributed by atoms with Crippen molar-refractivity contribution in [3.05, 3.63) is 58.7 Å². The fourth-order valence-corrected chi connectivity index (χ4v) is 3.81. The number of amides is 1. The molecule has 2 aromatic heterocycles. The predicted octanol–water partition coefficient (Wildman–Crippen LogP) is 3.80. The highest BCUT2D eigenvalue weighted by Gasteiger charge is 2.21. The first kappa shape index (κ1) is 18.8. The van der Waals surface area contributed by atoms with Crippen molar-refractivity contribution in [3.8, 4) is 22.2 Å². The van der Waals surface area contributed by atoms with Crippen LogP contribution in [0.15, 0.2) is 42.6 Å². The molecule has 3 aromatic rings. The van der Waals surface area contributed by atoms with Crippen LogP contribution in [-0.2, 0) is 6.54 Å². The summed E-state index contributed by atoms with van der Waals surface area (Å²) in [5.74, 6) is 1.19. The van der Waals surface area contributed by atoms with Gasteiger partial charge in [-0.25, -0.2) is 4.98 Å². The third-order valence-corrected chi connectivity index (χ3v) is 5.28. The lowest BCUT2D eigenvalue weighted by Crippen LogP contribution is -2.26. The molecule has 7 heteroatoms. The Morgan fingerprint density at radius 2 is 1.96 bits per heavy atom. The normalized spacial score (nSPS) is 10.5. The summed E-state index contributed by atoms with van der Waals surface area (Å²) in [5, 5.41) is 0.740. The van der Waals surface area contributed by atoms with Crippen molar-refractivity contribution in [1.29, 1.82) is 0 Å². The average Bonchev–Trinajstić information content (AvgIpc) is 3.09. The molecule has 0 atom stereocenters. The van der Waals surface area contributed by atoms with Gasteiger partial charge in [-0.3, -0.25) is 9.78 Å². The number of hydrogen-bond donors (Lipinski definition) is 0. The first-order chi connectivity index (χ1) is 13.0. The number of thiazole rings is 1. The van der Waals surface area contributed by atoms with Gasteiger partial charge in [0.15, 0.2) is 11.5 Å². The van der Waals surface area contributed by atoms with Crippen LogP contribution in [0.3, 0.4) is 0 Å². The summed E-state index contributed by atoms with van der Waals surface area (Å²) in [6.45, 7) is 2.24. The van der Waals surface area contributed by atoms with Gasteiger partial charge in [-0.15, -0.1) is 11.3 Å². The summed E-state index contributed by atoms with van der Waals surface area (Å²) in [7, 11) is 4.95. The molecule has 3 rings (SSSR count). The molecule has 0 spiro atoms. The second kappa shape index (κ2) is 8.18. The van der Waals surface area contributed by atoms with Crippen LogP contribution in [0, 0.1) is 6.92 Å². The number of carbonyl (C=O) groups is 1. The monoisotopic (exact) mass is 383 g/mol. The van der Waals surface area contributed by atoms with E-state index in [0.29, 0.717) is 28.6 Å². The van der Waals surface area contributed by atoms with E-state index in [-0.39, 0.29) is 5.91 Å². The number of rotatable bonds is 6. The Kier molecular flexibility index (Phi) is 5.71. The molecular formula is C20H21N3O3S. The Bertz CT molecular complexity index is 941. The van der Waals surface area contributed by atoms with Crippen LogP contribution < -0.4 is 9.47 Å². The van der Waals surface area contributed by atoms with Gasteiger partial charge in [0.2, 0.25) is 0 Å². The Morgan fingerprint density at radius 3 is 2.63 bits per heavy atom. The summed E-state index contributed by atoms with van der Waals surface area (Å²) in [4.78, 5) is 24.1. The molecule has 0 aliphatic carbocycles. The van der Waals surface area contributed by atoms with Gasteiger partial charge in [0.05, 0.1) is 25.6 Å². The molecule has 0 aliphatic heterocycles. The van der Waals surface area contributed by atoms with Crippen LogP contribution in [0.25, 0.3) is 10.7 Å². The first-order valence-corrected chi connectivity index (χ1v) is 9.21. The van der Waals surface area contributed by atoms with E-state index >= 15 is 0 Å². The number of nitrogens with zero attached hydrogens (tertiary/aromatic N) is 3. The molecule has 0 saturated carbocycles. The van der Waals surface area contributed by atoms with Crippen molar-refractivity contribution in [2.45, 2.75) is 13.5 Å². The lowest BCUT2D eigenvalue weighted by atomic mass is 10.1. The van der Waals surface area contributed by atoms with E-state index in [1.165, 1.54) is 11.3 Å². The molecule has 2 heterocycles. The van der Waals surface area contributed by atoms with Crippen LogP contribution >= 0.6 is 11.3 Å². The highest BCUT2D eigenvalue weighted by Crippen LogP contribution is 2.32. The molecule has 0 bridgehead atoms. The quantitative estimate of drug-likeness (QED) is 0.648. The summed E-state index contributed by atoms with van der Waals surface area (Å²) in [6.07, 6.45) is 1.72. The van der Waals surface area contributed by atoms with Gasteiger partial charge in [-0.1, -0.05) is 18.2 Å². The number of pyridine rings is 1. The Balaban J connectivity index is 1.84. The number of carbonyl (C=O) groups excluding carboxylic acids is 1. The van der Waals surface area contributed by atoms with E-state index in [2.05, 4.69) is 9.97 Å². The zero-order valence-corrected chi connectivity index (χ0v) is 16.5. The van der Waals surface area contributed by atoms with E-state index in [0.717, 1.165) is 16.3 Å². The number of benzene rings is 1. The fourth-order valence-electron chi connectivity index (χ4n) is 2.77. The van der Waals surface area contributed by atoms with Crippen LogP contribution in [0.1, 0.15) is 20.9 Å². The molecule has 1 aromatic carbocycles. The number of ether oxygens (including phenoxy) is 2. The van der Waals surface area contributed by atoms with Crippen LogP contribution in [0.5, 0.6) is 11.5 Å². The summed E-state index contributed by atoms with van der Waals surface area (Å²) < 4.78 is 10.8. The van der Waals surface area contributed by atoms with E-state index in [1.54, 1.807) is 32.4 Å². The second-order valence-corrected chi connectivity index (χ2v) is 6.96. The molecule has 140 valence electrons. The third-order valence-electron chi connectivity index (χ3n) is 4.11. The minimum absolute atomic E-state index is 0.0861. The molecule has 0 aliphatic rings. The molecule has 6 nitrogen and oxygen atoms in total. The van der Waals surface area contributed by atoms with Gasteiger partial charge in [0.25, 0.3) is 5.91 Å². The zero-order chi connectivity index (χ0) is 19.4. The number of para-hydroxylation sites is 1. The van der Waals surface area contributed by atoms with Crippen molar-refractivity contribution >= 4 is 17.2 Å². The van der Waals surface area contributed by atoms with E-state index in [1.807, 2.05) is 43.3 Å². The van der Waals surface area contributed by atoms with E-state index in [9.17, 15) is 4.79 Å². The van der Waals surface area contributed by atoms with Crippen LogP contribution in [0.4, 0.5) is 0 Å². The maximum Gasteiger partial charge on any atom is 0.265 e. The van der Waals surface area contributed by atoms with E-state index in [4.69, 9.17) is 9.47 Å². The topological polar surface area (TPSA) is 64.5 Å². The summed E-state index contributed by atoms with van der Waals surface area (Å²) >= 11 is 1.36. The minimum atomic E-state index is -0.0861. The maximum atomic E-state index is 13.0. The summed E-state index contributed by atoms with van der Waals surface area (Å²) in [6, 6.07) is 11.3. The molecule has 1 amide bonds. The predicted molar refractivity (Wildman–Crippen MR) is 105 cm³/mol. The second-order valence-electron chi connectivity index (χ2n) is 5.96. The lowest BCUT2D eigenvalue weighted by molar-refractivity contribution is 0.0788. The van der Waals surface area contributed by atoms with Gasteiger partial charge in [-0.05, 0) is 25.1 Å². The van der Waals surface area contributed by atoms with Crippen molar-refractivity contribution in [2.75, 3.05) is 21.3 Å². The van der Waals surface area contributed by atoms with Crippen molar-refractivity contribution in [3.63, 3.8) is 0 Å². The first-order valence-electron chi connectivity index (χ1n) is 8.39. The van der Waals surface area contributed by atoms with Crippen LogP contribution in [0.2, 0.25) is 0 Å². The minimum Gasteiger partial charge on any atom is -0.493 e. The molecule has 0 unspecified atom stereocenters. The largest absolute Gasteiger partial charge is 0.493 e. The van der Waals surface area contributed by atoms with Gasteiger partial charge >= 0.3 is 0 Å². The molecular weight excluding hydrogens is 362 g/mol. The lowest BCUT2D eigenvalue weighted by Gasteiger charge is -2.19. The Morgan fingerprint density at radius 1 is 1.15 bits per heavy atom. The van der Waals surface area contributed by atoms with Gasteiger partial charge < -0.3 is 14.4 Å². The van der Waals surface area contributed by atoms with Gasteiger partial charge in [-0.2, -0.15) is 0 Å². The fraction of sp³-hybridized carbons (Fsp3) is 0.250. The van der Waals surface area contributed by atoms with Gasteiger partial charge in [0.1, 0.15) is 9.88 Å². The number of hydrogen-bond acceptors (Lipinski definition) is 6. The number of aryl methyl sites for hydroxylation is 1. The van der Waals surface area contributed by atoms with Gasteiger partial charge in [0, 0.05) is 25.4 Å². The standard InChI is InChI=1S/C20H21N3O3S/c1-13-18(27-19(22-13)15-9-5-6-11-21-15)20(24)23(2)12-14-8-7-10-16(25-3)17(14)26-4/h5-11H,12H2,1-4H3. The van der Waals surface area contributed by atoms with Crippen molar-refractivity contribution < 1.29 is 14.3 Å². The highest BCUT2D eigenvalue weighted by molar-refractivity contribution is 7.17. The molecule has 0 N–H and O–H groups in total. The smallest absolute Gasteiger partial charge is 0.265 e. The van der Waals surface area contributed by atoms with Crippen molar-refractivity contribution in [1.82, 2.24) is 14.9 Å². The van der Waals surface area contributed by atoms with E-state index < -0.39 is 0 Å². The Labute approximate surface area is 162 Å². The van der Waals surface area contributed by atoms with Crippen molar-refractivity contribution in [2.24, 2.45) is 0 Å². The van der Waals surface area contributed by atoms with Crippen LogP contribution in [-0.4, -0.2) is 42.0 Å². The highest BCUT2D eigenvalue weighted by atomic mass is 32.1. The molecule has 0 saturated heterocycles. The number of aromatic nitrogens is 2. The SMILES string of the molecule is COc1cccc(CN(C)C(=O)c2sc(-c3ccccn3)nc2C)c1OC. The maximum absolute atomic E-state index is 13.0. The third kappa shape index (κ3) is 3.93. The average molecular weight is 383 g/mol. The Hall–Kier alpha value is -2.93. The zero-order valence-electron chi connectivity index (χ0n) is 15.7. The molecule has 0 radical (unpaired) electrons.